The summed E-state index contributed by atoms with van der Waals surface area (Å²) in [5, 5.41) is 11.0. The summed E-state index contributed by atoms with van der Waals surface area (Å²) in [6.07, 6.45) is 1.38. The Kier molecular flexibility index (Phi) is 4.69. The fourth-order valence-corrected chi connectivity index (χ4v) is 2.14. The molecule has 114 valence electrons. The molecule has 0 spiro atoms. The number of rotatable bonds is 4. The molecule has 0 saturated carbocycles. The lowest BCUT2D eigenvalue weighted by Gasteiger charge is -2.28. The number of ether oxygens (including phenoxy) is 2. The molecule has 1 aliphatic heterocycles. The van der Waals surface area contributed by atoms with Crippen LogP contribution in [0, 0.1) is 10.1 Å². The molecular weight excluding hydrogens is 278 g/mol. The summed E-state index contributed by atoms with van der Waals surface area (Å²) < 4.78 is 10.2. The van der Waals surface area contributed by atoms with Gasteiger partial charge in [0.05, 0.1) is 12.0 Å². The zero-order valence-corrected chi connectivity index (χ0v) is 11.9. The Bertz CT molecular complexity index is 541. The van der Waals surface area contributed by atoms with E-state index in [0.29, 0.717) is 0 Å². The number of carbonyl (C=O) groups excluding carboxylic acids is 1. The lowest BCUT2D eigenvalue weighted by molar-refractivity contribution is -0.386. The maximum absolute atomic E-state index is 11.5. The number of nitro groups is 1. The highest BCUT2D eigenvalue weighted by Crippen LogP contribution is 2.27. The zero-order valence-electron chi connectivity index (χ0n) is 11.9. The molecule has 0 atom stereocenters. The Morgan fingerprint density at radius 3 is 2.67 bits per heavy atom. The molecule has 0 N–H and O–H groups in total. The van der Waals surface area contributed by atoms with Crippen LogP contribution in [-0.4, -0.2) is 54.1 Å². The van der Waals surface area contributed by atoms with Crippen LogP contribution in [-0.2, 0) is 4.74 Å². The molecular formula is C13H17N3O5. The minimum atomic E-state index is -0.655. The van der Waals surface area contributed by atoms with E-state index < -0.39 is 10.9 Å². The first kappa shape index (κ1) is 15.2. The number of esters is 1. The number of hydrogen-bond acceptors (Lipinski definition) is 7. The predicted octanol–water partition coefficient (Wildman–Crippen LogP) is 1.25. The Morgan fingerprint density at radius 1 is 1.43 bits per heavy atom. The number of likely N-dealkylation sites (tertiary alicyclic amines) is 1. The minimum Gasteiger partial charge on any atom is -0.469 e. The van der Waals surface area contributed by atoms with Crippen LogP contribution in [0.2, 0.25) is 0 Å². The van der Waals surface area contributed by atoms with E-state index in [9.17, 15) is 14.9 Å². The first-order valence-electron chi connectivity index (χ1n) is 6.60. The summed E-state index contributed by atoms with van der Waals surface area (Å²) in [6, 6.07) is 2.47. The summed E-state index contributed by atoms with van der Waals surface area (Å²) in [7, 11) is 3.23. The van der Waals surface area contributed by atoms with Crippen LogP contribution in [0.1, 0.15) is 23.3 Å². The SMILES string of the molecule is COC(=O)c1ccc([N+](=O)[O-])c(OC2CCN(C)CC2)n1. The fourth-order valence-electron chi connectivity index (χ4n) is 2.14. The number of carbonyl (C=O) groups is 1. The molecule has 8 nitrogen and oxygen atoms in total. The average Bonchev–Trinajstić information content (AvgIpc) is 2.48. The third-order valence-electron chi connectivity index (χ3n) is 3.38. The van der Waals surface area contributed by atoms with Crippen molar-refractivity contribution in [2.75, 3.05) is 27.2 Å². The summed E-state index contributed by atoms with van der Waals surface area (Å²) >= 11 is 0. The molecule has 1 saturated heterocycles. The normalized spacial score (nSPS) is 16.5. The first-order chi connectivity index (χ1) is 10.0. The highest BCUT2D eigenvalue weighted by atomic mass is 16.6. The molecule has 0 amide bonds. The summed E-state index contributed by atoms with van der Waals surface area (Å²) in [5.41, 5.74) is -0.257. The van der Waals surface area contributed by atoms with Crippen molar-refractivity contribution >= 4 is 11.7 Å². The van der Waals surface area contributed by atoms with Crippen molar-refractivity contribution in [2.24, 2.45) is 0 Å². The Labute approximate surface area is 121 Å². The van der Waals surface area contributed by atoms with Gasteiger partial charge in [0.2, 0.25) is 0 Å². The van der Waals surface area contributed by atoms with E-state index in [0.717, 1.165) is 25.9 Å². The molecule has 0 aromatic carbocycles. The van der Waals surface area contributed by atoms with Gasteiger partial charge in [-0.3, -0.25) is 10.1 Å². The molecule has 0 aliphatic carbocycles. The molecule has 1 aromatic rings. The molecule has 0 radical (unpaired) electrons. The number of aromatic nitrogens is 1. The van der Waals surface area contributed by atoms with Gasteiger partial charge in [-0.1, -0.05) is 0 Å². The Hall–Kier alpha value is -2.22. The molecule has 2 heterocycles. The van der Waals surface area contributed by atoms with Gasteiger partial charge < -0.3 is 14.4 Å². The second-order valence-electron chi connectivity index (χ2n) is 4.89. The maximum Gasteiger partial charge on any atom is 0.356 e. The van der Waals surface area contributed by atoms with E-state index in [1.807, 2.05) is 7.05 Å². The van der Waals surface area contributed by atoms with Gasteiger partial charge in [0.25, 0.3) is 5.88 Å². The van der Waals surface area contributed by atoms with Crippen molar-refractivity contribution in [1.29, 1.82) is 0 Å². The number of hydrogen-bond donors (Lipinski definition) is 0. The van der Waals surface area contributed by atoms with Gasteiger partial charge in [-0.15, -0.1) is 0 Å². The minimum absolute atomic E-state index is 0.00831. The van der Waals surface area contributed by atoms with E-state index in [2.05, 4.69) is 14.6 Å². The monoisotopic (exact) mass is 295 g/mol. The smallest absolute Gasteiger partial charge is 0.356 e. The third-order valence-corrected chi connectivity index (χ3v) is 3.38. The first-order valence-corrected chi connectivity index (χ1v) is 6.60. The number of pyridine rings is 1. The topological polar surface area (TPSA) is 94.8 Å². The number of piperidine rings is 1. The van der Waals surface area contributed by atoms with Gasteiger partial charge in [0, 0.05) is 19.2 Å². The van der Waals surface area contributed by atoms with Gasteiger partial charge in [0.1, 0.15) is 6.10 Å². The quantitative estimate of drug-likeness (QED) is 0.468. The van der Waals surface area contributed by atoms with Gasteiger partial charge in [-0.25, -0.2) is 9.78 Å². The van der Waals surface area contributed by atoms with E-state index in [1.165, 1.54) is 19.2 Å². The van der Waals surface area contributed by atoms with E-state index >= 15 is 0 Å². The van der Waals surface area contributed by atoms with Crippen LogP contribution in [0.4, 0.5) is 5.69 Å². The number of nitrogens with zero attached hydrogens (tertiary/aromatic N) is 3. The lowest BCUT2D eigenvalue weighted by atomic mass is 10.1. The standard InChI is InChI=1S/C13H17N3O5/c1-15-7-5-9(6-8-15)21-12-11(16(18)19)4-3-10(14-12)13(17)20-2/h3-4,9H,5-8H2,1-2H3. The maximum atomic E-state index is 11.5. The molecule has 1 fully saturated rings. The second kappa shape index (κ2) is 6.49. The van der Waals surface area contributed by atoms with Crippen LogP contribution in [0.15, 0.2) is 12.1 Å². The van der Waals surface area contributed by atoms with E-state index in [1.54, 1.807) is 0 Å². The van der Waals surface area contributed by atoms with Crippen LogP contribution >= 0.6 is 0 Å². The summed E-state index contributed by atoms with van der Waals surface area (Å²) in [4.78, 5) is 28.0. The van der Waals surface area contributed by atoms with E-state index in [4.69, 9.17) is 4.74 Å². The summed E-state index contributed by atoms with van der Waals surface area (Å²) in [5.74, 6) is -0.782. The van der Waals surface area contributed by atoms with Crippen molar-refractivity contribution in [3.05, 3.63) is 27.9 Å². The molecule has 1 aromatic heterocycles. The van der Waals surface area contributed by atoms with Crippen LogP contribution < -0.4 is 4.74 Å². The average molecular weight is 295 g/mol. The van der Waals surface area contributed by atoms with Gasteiger partial charge in [-0.05, 0) is 26.0 Å². The molecule has 0 bridgehead atoms. The molecule has 2 rings (SSSR count). The van der Waals surface area contributed by atoms with Gasteiger partial charge in [-0.2, -0.15) is 0 Å². The zero-order chi connectivity index (χ0) is 15.4. The van der Waals surface area contributed by atoms with Crippen LogP contribution in [0.5, 0.6) is 5.88 Å². The van der Waals surface area contributed by atoms with Gasteiger partial charge >= 0.3 is 11.7 Å². The number of methoxy groups -OCH3 is 1. The van der Waals surface area contributed by atoms with Crippen molar-refractivity contribution < 1.29 is 19.2 Å². The van der Waals surface area contributed by atoms with E-state index in [-0.39, 0.29) is 23.4 Å². The fraction of sp³-hybridized carbons (Fsp3) is 0.538. The van der Waals surface area contributed by atoms with Crippen molar-refractivity contribution in [2.45, 2.75) is 18.9 Å². The largest absolute Gasteiger partial charge is 0.469 e. The van der Waals surface area contributed by atoms with Gasteiger partial charge in [0.15, 0.2) is 5.69 Å². The molecule has 21 heavy (non-hydrogen) atoms. The van der Waals surface area contributed by atoms with Crippen molar-refractivity contribution in [3.63, 3.8) is 0 Å². The predicted molar refractivity (Wildman–Crippen MR) is 73.4 cm³/mol. The third kappa shape index (κ3) is 3.66. The molecule has 1 aliphatic rings. The molecule has 0 unspecified atom stereocenters. The lowest BCUT2D eigenvalue weighted by Crippen LogP contribution is -2.36. The Balaban J connectivity index is 2.22. The molecule has 8 heteroatoms. The highest BCUT2D eigenvalue weighted by molar-refractivity contribution is 5.87. The van der Waals surface area contributed by atoms with Crippen molar-refractivity contribution in [3.8, 4) is 5.88 Å². The van der Waals surface area contributed by atoms with Crippen LogP contribution in [0.25, 0.3) is 0 Å². The second-order valence-corrected chi connectivity index (χ2v) is 4.89. The van der Waals surface area contributed by atoms with Crippen LogP contribution in [0.3, 0.4) is 0 Å². The highest BCUT2D eigenvalue weighted by Gasteiger charge is 2.25. The summed E-state index contributed by atoms with van der Waals surface area (Å²) in [6.45, 7) is 1.71. The van der Waals surface area contributed by atoms with Crippen molar-refractivity contribution in [1.82, 2.24) is 9.88 Å². The Morgan fingerprint density at radius 2 is 2.10 bits per heavy atom.